The van der Waals surface area contributed by atoms with Crippen LogP contribution in [0, 0.1) is 41.4 Å². The van der Waals surface area contributed by atoms with Gasteiger partial charge in [-0.1, -0.05) is 32.9 Å². The molecule has 0 aromatic carbocycles. The minimum atomic E-state index is -2.12. The highest BCUT2D eigenvalue weighted by Gasteiger charge is 2.76. The van der Waals surface area contributed by atoms with Gasteiger partial charge in [0.2, 0.25) is 0 Å². The minimum Gasteiger partial charge on any atom is -0.450 e. The summed E-state index contributed by atoms with van der Waals surface area (Å²) in [4.78, 5) is 27.6. The van der Waals surface area contributed by atoms with Crippen LogP contribution in [-0.2, 0) is 16.6 Å². The summed E-state index contributed by atoms with van der Waals surface area (Å²) in [6.07, 6.45) is 3.11. The number of nitrogens with zero attached hydrogens (tertiary/aromatic N) is 1. The van der Waals surface area contributed by atoms with Crippen molar-refractivity contribution >= 4 is 11.8 Å². The monoisotopic (exact) mass is 469 g/mol. The second-order valence-corrected chi connectivity index (χ2v) is 11.6. The lowest BCUT2D eigenvalue weighted by Gasteiger charge is -2.48. The number of aryl methyl sites for hydroxylation is 2. The Hall–Kier alpha value is -2.22. The summed E-state index contributed by atoms with van der Waals surface area (Å²) in [5, 5.41) is 34.1. The topological polar surface area (TPSA) is 109 Å². The molecule has 1 aromatic rings. The smallest absolute Gasteiger partial charge is 0.355 e. The molecule has 4 aliphatic carbocycles. The van der Waals surface area contributed by atoms with Gasteiger partial charge in [-0.05, 0) is 66.2 Å². The van der Waals surface area contributed by atoms with Gasteiger partial charge in [0, 0.05) is 19.2 Å². The molecule has 7 heteroatoms. The van der Waals surface area contributed by atoms with E-state index in [1.165, 1.54) is 0 Å². The summed E-state index contributed by atoms with van der Waals surface area (Å²) in [5.41, 5.74) is -1.76. The largest absolute Gasteiger partial charge is 0.450 e. The van der Waals surface area contributed by atoms with Gasteiger partial charge in [0.25, 0.3) is 0 Å². The van der Waals surface area contributed by atoms with E-state index in [0.717, 1.165) is 12.0 Å². The van der Waals surface area contributed by atoms with Crippen LogP contribution in [0.2, 0.25) is 0 Å². The molecule has 0 amide bonds. The number of aliphatic hydroxyl groups is 3. The highest BCUT2D eigenvalue weighted by Crippen LogP contribution is 2.71. The molecule has 7 nitrogen and oxygen atoms in total. The first-order chi connectivity index (χ1) is 15.8. The zero-order valence-corrected chi connectivity index (χ0v) is 20.7. The average molecular weight is 470 g/mol. The van der Waals surface area contributed by atoms with Crippen LogP contribution >= 0.6 is 0 Å². The predicted octanol–water partition coefficient (Wildman–Crippen LogP) is 2.33. The lowest BCUT2D eigenvalue weighted by molar-refractivity contribution is -0.190. The number of rotatable bonds is 3. The van der Waals surface area contributed by atoms with Gasteiger partial charge >= 0.3 is 5.97 Å². The van der Waals surface area contributed by atoms with Crippen molar-refractivity contribution in [3.8, 4) is 0 Å². The highest BCUT2D eigenvalue weighted by molar-refractivity contribution is 5.96. The third kappa shape index (κ3) is 2.63. The zero-order valence-electron chi connectivity index (χ0n) is 20.7. The van der Waals surface area contributed by atoms with E-state index in [2.05, 4.69) is 13.8 Å². The highest BCUT2D eigenvalue weighted by atomic mass is 16.6. The van der Waals surface area contributed by atoms with Crippen LogP contribution in [0.3, 0.4) is 0 Å². The fraction of sp³-hybridized carbons (Fsp3) is 0.630. The van der Waals surface area contributed by atoms with E-state index in [1.807, 2.05) is 6.92 Å². The molecule has 4 aliphatic rings. The number of carbonyl (C=O) groups excluding carboxylic acids is 2. The van der Waals surface area contributed by atoms with E-state index in [0.29, 0.717) is 17.2 Å². The molecule has 184 valence electrons. The molecule has 5 rings (SSSR count). The van der Waals surface area contributed by atoms with Crippen LogP contribution in [0.1, 0.15) is 50.2 Å². The van der Waals surface area contributed by atoms with E-state index in [9.17, 15) is 24.9 Å². The number of fused-ring (bicyclic) bond motifs is 3. The van der Waals surface area contributed by atoms with Crippen LogP contribution in [0.5, 0.6) is 0 Å². The molecule has 34 heavy (non-hydrogen) atoms. The summed E-state index contributed by atoms with van der Waals surface area (Å²) in [6, 6.07) is 1.80. The lowest BCUT2D eigenvalue weighted by Crippen LogP contribution is -2.65. The quantitative estimate of drug-likeness (QED) is 0.463. The maximum absolute atomic E-state index is 14.3. The first-order valence-corrected chi connectivity index (χ1v) is 12.1. The van der Waals surface area contributed by atoms with Gasteiger partial charge in [0.05, 0.1) is 12.0 Å². The molecule has 2 saturated carbocycles. The van der Waals surface area contributed by atoms with Crippen molar-refractivity contribution in [2.45, 2.75) is 58.8 Å². The van der Waals surface area contributed by atoms with E-state index >= 15 is 0 Å². The van der Waals surface area contributed by atoms with Crippen molar-refractivity contribution in [1.82, 2.24) is 4.57 Å². The van der Waals surface area contributed by atoms with Crippen LogP contribution < -0.4 is 0 Å². The number of aliphatic hydroxyl groups excluding tert-OH is 2. The Morgan fingerprint density at radius 3 is 2.56 bits per heavy atom. The first kappa shape index (κ1) is 23.5. The van der Waals surface area contributed by atoms with E-state index < -0.39 is 41.7 Å². The van der Waals surface area contributed by atoms with E-state index in [4.69, 9.17) is 4.74 Å². The van der Waals surface area contributed by atoms with Gasteiger partial charge in [-0.15, -0.1) is 0 Å². The number of aromatic nitrogens is 1. The van der Waals surface area contributed by atoms with Crippen molar-refractivity contribution in [3.05, 3.63) is 46.8 Å². The molecule has 1 spiro atoms. The van der Waals surface area contributed by atoms with Gasteiger partial charge in [-0.25, -0.2) is 4.79 Å². The predicted molar refractivity (Wildman–Crippen MR) is 125 cm³/mol. The molecular weight excluding hydrogens is 434 g/mol. The summed E-state index contributed by atoms with van der Waals surface area (Å²) in [6.45, 7) is 9.30. The molecule has 3 N–H and O–H groups in total. The van der Waals surface area contributed by atoms with E-state index in [1.54, 1.807) is 49.9 Å². The Morgan fingerprint density at radius 1 is 1.29 bits per heavy atom. The van der Waals surface area contributed by atoms with Gasteiger partial charge in [-0.3, -0.25) is 4.79 Å². The molecule has 1 aromatic heterocycles. The van der Waals surface area contributed by atoms with Gasteiger partial charge in [0.15, 0.2) is 17.5 Å². The van der Waals surface area contributed by atoms with Crippen molar-refractivity contribution < 1.29 is 29.6 Å². The minimum absolute atomic E-state index is 0.0338. The second-order valence-electron chi connectivity index (χ2n) is 11.6. The maximum atomic E-state index is 14.3. The molecule has 2 unspecified atom stereocenters. The first-order valence-electron chi connectivity index (χ1n) is 12.1. The van der Waals surface area contributed by atoms with Crippen LogP contribution in [0.15, 0.2) is 35.6 Å². The molecule has 2 fully saturated rings. The molecule has 2 bridgehead atoms. The summed E-state index contributed by atoms with van der Waals surface area (Å²) in [7, 11) is 1.74. The number of carbonyl (C=O) groups is 2. The standard InChI is InChI=1S/C27H35NO6/c1-13-7-8-28(6)20(13)24(32)34-23-14(2)11-26-15(3)9-18-19(25(18,4)5)17(22(26)31)10-16(12-29)21(30)27(23,26)33/h7-8,10-11,15,17-19,21,23,29-30,33H,9,12H2,1-6H3/t15?,17-,18+,19-,21+,23-,26?,27-/m0/s1. The summed E-state index contributed by atoms with van der Waals surface area (Å²) >= 11 is 0. The number of hydrogen-bond donors (Lipinski definition) is 3. The molecule has 8 atom stereocenters. The number of ether oxygens (including phenoxy) is 1. The van der Waals surface area contributed by atoms with Crippen molar-refractivity contribution in [3.63, 3.8) is 0 Å². The van der Waals surface area contributed by atoms with Crippen molar-refractivity contribution in [1.29, 1.82) is 0 Å². The molecule has 0 saturated heterocycles. The molecular formula is C27H35NO6. The maximum Gasteiger partial charge on any atom is 0.355 e. The van der Waals surface area contributed by atoms with E-state index in [-0.39, 0.29) is 28.6 Å². The normalized spacial score (nSPS) is 42.1. The van der Waals surface area contributed by atoms with Crippen molar-refractivity contribution in [2.75, 3.05) is 6.61 Å². The fourth-order valence-corrected chi connectivity index (χ4v) is 7.72. The van der Waals surface area contributed by atoms with Crippen molar-refractivity contribution in [2.24, 2.45) is 41.5 Å². The van der Waals surface area contributed by atoms with Crippen LogP contribution in [0.4, 0.5) is 0 Å². The number of allylic oxidation sites excluding steroid dienone is 1. The Morgan fingerprint density at radius 2 is 1.97 bits per heavy atom. The Labute approximate surface area is 200 Å². The number of Topliss-reactive ketones (excluding diaryl/α,β-unsaturated/α-hetero) is 1. The molecule has 0 radical (unpaired) electrons. The van der Waals surface area contributed by atoms with Gasteiger partial charge in [-0.2, -0.15) is 0 Å². The molecule has 1 heterocycles. The van der Waals surface area contributed by atoms with Crippen LogP contribution in [0.25, 0.3) is 0 Å². The fourth-order valence-electron chi connectivity index (χ4n) is 7.72. The Bertz CT molecular complexity index is 1120. The van der Waals surface area contributed by atoms with Gasteiger partial charge in [0.1, 0.15) is 11.8 Å². The number of ketones is 1. The zero-order chi connectivity index (χ0) is 25.0. The third-order valence-corrected chi connectivity index (χ3v) is 9.59. The third-order valence-electron chi connectivity index (χ3n) is 9.59. The SMILES string of the molecule is CC1=CC23C(=O)[C@@H](C=C(CO)[C@@H](O)[C@]2(O)[C@H]1OC(=O)c1c(C)ccn1C)[C@H]1[C@@H](CC3C)C1(C)C. The van der Waals surface area contributed by atoms with Gasteiger partial charge < -0.3 is 24.6 Å². The average Bonchev–Trinajstić information content (AvgIpc) is 3.05. The number of esters is 1. The summed E-state index contributed by atoms with van der Waals surface area (Å²) in [5.74, 6) is -1.22. The van der Waals surface area contributed by atoms with Crippen LogP contribution in [-0.4, -0.2) is 56.1 Å². The Balaban J connectivity index is 1.65. The molecule has 0 aliphatic heterocycles. The second kappa shape index (κ2) is 7.15. The number of hydrogen-bond acceptors (Lipinski definition) is 6. The lowest BCUT2D eigenvalue weighted by atomic mass is 9.59. The summed E-state index contributed by atoms with van der Waals surface area (Å²) < 4.78 is 7.58. The Kier molecular flexibility index (Phi) is 4.95.